The molecule has 0 bridgehead atoms. The van der Waals surface area contributed by atoms with Gasteiger partial charge in [-0.3, -0.25) is 0 Å². The Morgan fingerprint density at radius 1 is 1.03 bits per heavy atom. The number of hydrogen-bond acceptors (Lipinski definition) is 3. The number of aryl methyl sites for hydroxylation is 4. The molecule has 1 aromatic carbocycles. The molecule has 4 nitrogen and oxygen atoms in total. The van der Waals surface area contributed by atoms with E-state index in [1.165, 1.54) is 84.3 Å². The SMILES string of the molecule is CCCCC(CCCC)Nc1c2c(nc3c(-c4ccc(C)cc4C)c(C)nn13)CCC2. The molecule has 1 N–H and O–H groups in total. The maximum absolute atomic E-state index is 5.17. The second-order valence-corrected chi connectivity index (χ2v) is 9.38. The number of nitrogens with one attached hydrogen (secondary N) is 1. The van der Waals surface area contributed by atoms with Crippen LogP contribution in [0.4, 0.5) is 5.82 Å². The first kappa shape index (κ1) is 21.9. The summed E-state index contributed by atoms with van der Waals surface area (Å²) in [5, 5.41) is 9.00. The van der Waals surface area contributed by atoms with E-state index in [0.29, 0.717) is 6.04 Å². The Hall–Kier alpha value is -2.36. The molecule has 4 rings (SSSR count). The lowest BCUT2D eigenvalue weighted by molar-refractivity contribution is 0.543. The Morgan fingerprint density at radius 3 is 2.45 bits per heavy atom. The molecule has 4 heteroatoms. The van der Waals surface area contributed by atoms with E-state index in [1.54, 1.807) is 0 Å². The van der Waals surface area contributed by atoms with Crippen LogP contribution in [0.1, 0.15) is 86.9 Å². The fourth-order valence-electron chi connectivity index (χ4n) is 5.08. The van der Waals surface area contributed by atoms with Gasteiger partial charge < -0.3 is 5.32 Å². The molecule has 2 heterocycles. The maximum Gasteiger partial charge on any atom is 0.165 e. The summed E-state index contributed by atoms with van der Waals surface area (Å²) >= 11 is 0. The Morgan fingerprint density at radius 2 is 1.77 bits per heavy atom. The van der Waals surface area contributed by atoms with Gasteiger partial charge in [-0.15, -0.1) is 0 Å². The summed E-state index contributed by atoms with van der Waals surface area (Å²) < 4.78 is 2.12. The standard InChI is InChI=1S/C27H38N4/c1-6-8-11-21(12-9-7-2)28-26-23-13-10-14-24(23)29-27-25(20(5)30-31(26)27)22-16-15-18(3)17-19(22)4/h15-17,21,28H,6-14H2,1-5H3. The van der Waals surface area contributed by atoms with Gasteiger partial charge in [0.1, 0.15) is 5.82 Å². The fraction of sp³-hybridized carbons (Fsp3) is 0.556. The van der Waals surface area contributed by atoms with Crippen LogP contribution in [0.3, 0.4) is 0 Å². The molecule has 0 radical (unpaired) electrons. The monoisotopic (exact) mass is 418 g/mol. The Balaban J connectivity index is 1.84. The molecule has 1 aliphatic rings. The lowest BCUT2D eigenvalue weighted by atomic mass is 9.99. The summed E-state index contributed by atoms with van der Waals surface area (Å²) in [7, 11) is 0. The molecule has 0 saturated carbocycles. The summed E-state index contributed by atoms with van der Waals surface area (Å²) in [6.07, 6.45) is 10.8. The van der Waals surface area contributed by atoms with Crippen molar-refractivity contribution in [2.45, 2.75) is 98.4 Å². The Bertz CT molecular complexity index is 1060. The molecule has 0 unspecified atom stereocenters. The zero-order valence-corrected chi connectivity index (χ0v) is 20.0. The first-order valence-electron chi connectivity index (χ1n) is 12.3. The van der Waals surface area contributed by atoms with E-state index >= 15 is 0 Å². The van der Waals surface area contributed by atoms with Gasteiger partial charge in [0.15, 0.2) is 5.65 Å². The summed E-state index contributed by atoms with van der Waals surface area (Å²) in [6, 6.07) is 7.20. The second kappa shape index (κ2) is 9.42. The van der Waals surface area contributed by atoms with Gasteiger partial charge >= 0.3 is 0 Å². The predicted molar refractivity (Wildman–Crippen MR) is 131 cm³/mol. The van der Waals surface area contributed by atoms with E-state index < -0.39 is 0 Å². The normalized spacial score (nSPS) is 13.4. The van der Waals surface area contributed by atoms with Crippen LogP contribution >= 0.6 is 0 Å². The summed E-state index contributed by atoms with van der Waals surface area (Å²) in [6.45, 7) is 11.0. The Kier molecular flexibility index (Phi) is 6.64. The third-order valence-corrected chi connectivity index (χ3v) is 6.77. The number of anilines is 1. The highest BCUT2D eigenvalue weighted by Gasteiger charge is 2.25. The van der Waals surface area contributed by atoms with E-state index in [0.717, 1.165) is 24.2 Å². The molecule has 0 aliphatic heterocycles. The molecular formula is C27H38N4. The second-order valence-electron chi connectivity index (χ2n) is 9.38. The number of fused-ring (bicyclic) bond motifs is 2. The quantitative estimate of drug-likeness (QED) is 0.408. The highest BCUT2D eigenvalue weighted by atomic mass is 15.3. The number of aromatic nitrogens is 3. The molecular weight excluding hydrogens is 380 g/mol. The fourth-order valence-corrected chi connectivity index (χ4v) is 5.08. The van der Waals surface area contributed by atoms with Crippen LogP contribution in [-0.2, 0) is 12.8 Å². The molecule has 0 amide bonds. The summed E-state index contributed by atoms with van der Waals surface area (Å²) in [4.78, 5) is 5.17. The zero-order chi connectivity index (χ0) is 22.0. The summed E-state index contributed by atoms with van der Waals surface area (Å²) in [5.41, 5.74) is 9.75. The van der Waals surface area contributed by atoms with Crippen LogP contribution in [0.5, 0.6) is 0 Å². The van der Waals surface area contributed by atoms with E-state index in [9.17, 15) is 0 Å². The van der Waals surface area contributed by atoms with E-state index in [4.69, 9.17) is 10.1 Å². The first-order chi connectivity index (χ1) is 15.0. The van der Waals surface area contributed by atoms with Crippen molar-refractivity contribution in [3.63, 3.8) is 0 Å². The molecule has 3 aromatic rings. The number of unbranched alkanes of at least 4 members (excludes halogenated alkanes) is 2. The number of benzene rings is 1. The van der Waals surface area contributed by atoms with Gasteiger partial charge in [-0.2, -0.15) is 9.61 Å². The topological polar surface area (TPSA) is 42.2 Å². The van der Waals surface area contributed by atoms with E-state index in [1.807, 2.05) is 0 Å². The maximum atomic E-state index is 5.17. The van der Waals surface area contributed by atoms with Gasteiger partial charge in [0, 0.05) is 22.9 Å². The van der Waals surface area contributed by atoms with Crippen molar-refractivity contribution < 1.29 is 0 Å². The number of rotatable bonds is 9. The van der Waals surface area contributed by atoms with Gasteiger partial charge in [0.25, 0.3) is 0 Å². The zero-order valence-electron chi connectivity index (χ0n) is 20.0. The van der Waals surface area contributed by atoms with Gasteiger partial charge in [-0.25, -0.2) is 4.98 Å². The van der Waals surface area contributed by atoms with Gasteiger partial charge in [-0.1, -0.05) is 63.3 Å². The minimum absolute atomic E-state index is 0.504. The van der Waals surface area contributed by atoms with Crippen molar-refractivity contribution in [2.75, 3.05) is 5.32 Å². The van der Waals surface area contributed by atoms with Crippen molar-refractivity contribution in [1.29, 1.82) is 0 Å². The Labute approximate surface area is 187 Å². The minimum atomic E-state index is 0.504. The molecule has 2 aromatic heterocycles. The molecule has 0 fully saturated rings. The molecule has 1 aliphatic carbocycles. The van der Waals surface area contributed by atoms with E-state index in [-0.39, 0.29) is 0 Å². The molecule has 166 valence electrons. The highest BCUT2D eigenvalue weighted by Crippen LogP contribution is 2.36. The average Bonchev–Trinajstić information content (AvgIpc) is 3.34. The largest absolute Gasteiger partial charge is 0.367 e. The van der Waals surface area contributed by atoms with Gasteiger partial charge in [0.05, 0.1) is 5.69 Å². The lowest BCUT2D eigenvalue weighted by Crippen LogP contribution is -2.23. The van der Waals surface area contributed by atoms with Gasteiger partial charge in [-0.05, 0) is 64.0 Å². The van der Waals surface area contributed by atoms with Gasteiger partial charge in [0.2, 0.25) is 0 Å². The van der Waals surface area contributed by atoms with Crippen molar-refractivity contribution in [1.82, 2.24) is 14.6 Å². The van der Waals surface area contributed by atoms with Crippen molar-refractivity contribution in [3.05, 3.63) is 46.3 Å². The third-order valence-electron chi connectivity index (χ3n) is 6.77. The van der Waals surface area contributed by atoms with Crippen LogP contribution in [0.2, 0.25) is 0 Å². The average molecular weight is 419 g/mol. The number of nitrogens with zero attached hydrogens (tertiary/aromatic N) is 3. The minimum Gasteiger partial charge on any atom is -0.367 e. The van der Waals surface area contributed by atoms with E-state index in [2.05, 4.69) is 62.6 Å². The third kappa shape index (κ3) is 4.35. The van der Waals surface area contributed by atoms with Crippen molar-refractivity contribution in [3.8, 4) is 11.1 Å². The van der Waals surface area contributed by atoms with Crippen LogP contribution in [0, 0.1) is 20.8 Å². The first-order valence-corrected chi connectivity index (χ1v) is 12.3. The number of hydrogen-bond donors (Lipinski definition) is 1. The molecule has 31 heavy (non-hydrogen) atoms. The lowest BCUT2D eigenvalue weighted by Gasteiger charge is -2.22. The molecule has 0 atom stereocenters. The van der Waals surface area contributed by atoms with Crippen LogP contribution in [0.15, 0.2) is 18.2 Å². The van der Waals surface area contributed by atoms with Crippen LogP contribution in [0.25, 0.3) is 16.8 Å². The summed E-state index contributed by atoms with van der Waals surface area (Å²) in [5.74, 6) is 1.20. The van der Waals surface area contributed by atoms with Crippen molar-refractivity contribution in [2.24, 2.45) is 0 Å². The smallest absolute Gasteiger partial charge is 0.165 e. The molecule has 0 spiro atoms. The molecule has 0 saturated heterocycles. The predicted octanol–water partition coefficient (Wildman–Crippen LogP) is 6.97. The van der Waals surface area contributed by atoms with Crippen LogP contribution < -0.4 is 5.32 Å². The van der Waals surface area contributed by atoms with Crippen molar-refractivity contribution >= 4 is 11.5 Å². The van der Waals surface area contributed by atoms with Crippen LogP contribution in [-0.4, -0.2) is 20.6 Å². The highest BCUT2D eigenvalue weighted by molar-refractivity contribution is 5.83.